The second kappa shape index (κ2) is 5.49. The molecule has 1 heterocycles. The zero-order valence-corrected chi connectivity index (χ0v) is 12.2. The van der Waals surface area contributed by atoms with E-state index in [-0.39, 0.29) is 5.69 Å². The van der Waals surface area contributed by atoms with Gasteiger partial charge >= 0.3 is 0 Å². The summed E-state index contributed by atoms with van der Waals surface area (Å²) in [6, 6.07) is 3.63. The first-order valence-corrected chi connectivity index (χ1v) is 8.17. The first-order valence-electron chi connectivity index (χ1n) is 6.33. The van der Waals surface area contributed by atoms with Crippen LogP contribution >= 0.6 is 0 Å². The van der Waals surface area contributed by atoms with Gasteiger partial charge in [-0.1, -0.05) is 6.07 Å². The van der Waals surface area contributed by atoms with E-state index in [9.17, 15) is 17.6 Å². The van der Waals surface area contributed by atoms with Crippen molar-refractivity contribution in [1.29, 1.82) is 0 Å². The number of benzene rings is 1. The first kappa shape index (κ1) is 14.9. The van der Waals surface area contributed by atoms with Gasteiger partial charge in [-0.15, -0.1) is 0 Å². The Balaban J connectivity index is 2.18. The molecule has 2 rings (SSSR count). The molecule has 0 radical (unpaired) electrons. The summed E-state index contributed by atoms with van der Waals surface area (Å²) in [5.41, 5.74) is 0.892. The van der Waals surface area contributed by atoms with Crippen molar-refractivity contribution in [3.63, 3.8) is 0 Å². The number of hydrogen-bond acceptors (Lipinski definition) is 3. The summed E-state index contributed by atoms with van der Waals surface area (Å²) >= 11 is 0. The van der Waals surface area contributed by atoms with Gasteiger partial charge in [0, 0.05) is 6.54 Å². The summed E-state index contributed by atoms with van der Waals surface area (Å²) in [4.78, 5) is 12.2. The molecule has 1 saturated heterocycles. The zero-order chi connectivity index (χ0) is 14.9. The minimum Gasteiger partial charge on any atom is -0.322 e. The lowest BCUT2D eigenvalue weighted by Crippen LogP contribution is -2.42. The molecule has 1 atom stereocenters. The molecular formula is C13H17FN2O3S. The number of anilines is 1. The molecular weight excluding hydrogens is 283 g/mol. The van der Waals surface area contributed by atoms with Crippen molar-refractivity contribution in [3.8, 4) is 0 Å². The maximum atomic E-state index is 13.6. The van der Waals surface area contributed by atoms with Gasteiger partial charge in [-0.25, -0.2) is 12.8 Å². The number of sulfonamides is 1. The number of amides is 1. The predicted octanol–water partition coefficient (Wildman–Crippen LogP) is 1.50. The summed E-state index contributed by atoms with van der Waals surface area (Å²) in [5.74, 6) is -1.02. The summed E-state index contributed by atoms with van der Waals surface area (Å²) in [6.07, 6.45) is 2.15. The Kier molecular flexibility index (Phi) is 4.10. The Labute approximate surface area is 117 Å². The van der Waals surface area contributed by atoms with Gasteiger partial charge in [0.05, 0.1) is 11.9 Å². The van der Waals surface area contributed by atoms with Crippen molar-refractivity contribution in [2.45, 2.75) is 25.8 Å². The van der Waals surface area contributed by atoms with E-state index in [0.29, 0.717) is 19.4 Å². The summed E-state index contributed by atoms with van der Waals surface area (Å²) in [6.45, 7) is 2.11. The highest BCUT2D eigenvalue weighted by atomic mass is 32.2. The highest BCUT2D eigenvalue weighted by molar-refractivity contribution is 7.88. The van der Waals surface area contributed by atoms with Crippen LogP contribution in [0.25, 0.3) is 0 Å². The van der Waals surface area contributed by atoms with E-state index >= 15 is 0 Å². The number of nitrogens with one attached hydrogen (secondary N) is 1. The Morgan fingerprint density at radius 1 is 1.45 bits per heavy atom. The molecule has 20 heavy (non-hydrogen) atoms. The molecule has 1 aromatic carbocycles. The molecule has 110 valence electrons. The molecule has 1 fully saturated rings. The minimum absolute atomic E-state index is 0.0790. The lowest BCUT2D eigenvalue weighted by atomic mass is 10.2. The number of carbonyl (C=O) groups is 1. The van der Waals surface area contributed by atoms with E-state index in [1.54, 1.807) is 13.0 Å². The molecule has 0 aromatic heterocycles. The van der Waals surface area contributed by atoms with E-state index in [2.05, 4.69) is 5.32 Å². The maximum absolute atomic E-state index is 13.6. The molecule has 1 aliphatic rings. The fraction of sp³-hybridized carbons (Fsp3) is 0.462. The molecule has 1 N–H and O–H groups in total. The fourth-order valence-corrected chi connectivity index (χ4v) is 3.47. The molecule has 1 unspecified atom stereocenters. The molecule has 0 bridgehead atoms. The van der Waals surface area contributed by atoms with Crippen LogP contribution in [0.5, 0.6) is 0 Å². The van der Waals surface area contributed by atoms with Crippen LogP contribution in [0.4, 0.5) is 10.1 Å². The number of carbonyl (C=O) groups excluding carboxylic acids is 1. The van der Waals surface area contributed by atoms with Crippen LogP contribution in [0, 0.1) is 12.7 Å². The molecule has 1 aromatic rings. The minimum atomic E-state index is -3.43. The van der Waals surface area contributed by atoms with Crippen molar-refractivity contribution in [2.75, 3.05) is 18.1 Å². The fourth-order valence-electron chi connectivity index (χ4n) is 2.35. The molecule has 5 nitrogen and oxygen atoms in total. The Morgan fingerprint density at radius 2 is 2.15 bits per heavy atom. The summed E-state index contributed by atoms with van der Waals surface area (Å²) in [5, 5.41) is 2.48. The van der Waals surface area contributed by atoms with Gasteiger partial charge in [0.25, 0.3) is 0 Å². The van der Waals surface area contributed by atoms with Crippen molar-refractivity contribution < 1.29 is 17.6 Å². The Bertz CT molecular complexity index is 631. The van der Waals surface area contributed by atoms with Gasteiger partial charge in [0.1, 0.15) is 11.9 Å². The second-order valence-corrected chi connectivity index (χ2v) is 6.94. The predicted molar refractivity (Wildman–Crippen MR) is 74.3 cm³/mol. The third kappa shape index (κ3) is 3.16. The van der Waals surface area contributed by atoms with Gasteiger partial charge < -0.3 is 5.32 Å². The van der Waals surface area contributed by atoms with Crippen LogP contribution in [0.3, 0.4) is 0 Å². The van der Waals surface area contributed by atoms with Crippen LogP contribution in [-0.4, -0.2) is 37.5 Å². The van der Waals surface area contributed by atoms with E-state index < -0.39 is 27.8 Å². The lowest BCUT2D eigenvalue weighted by Gasteiger charge is -2.21. The van der Waals surface area contributed by atoms with E-state index in [4.69, 9.17) is 0 Å². The van der Waals surface area contributed by atoms with Crippen molar-refractivity contribution in [2.24, 2.45) is 0 Å². The largest absolute Gasteiger partial charge is 0.322 e. The lowest BCUT2D eigenvalue weighted by molar-refractivity contribution is -0.119. The third-order valence-corrected chi connectivity index (χ3v) is 4.60. The van der Waals surface area contributed by atoms with Crippen molar-refractivity contribution in [3.05, 3.63) is 29.6 Å². The van der Waals surface area contributed by atoms with Crippen LogP contribution in [-0.2, 0) is 14.8 Å². The number of nitrogens with zero attached hydrogens (tertiary/aromatic N) is 1. The van der Waals surface area contributed by atoms with Gasteiger partial charge in [-0.05, 0) is 37.5 Å². The molecule has 1 amide bonds. The second-order valence-electron chi connectivity index (χ2n) is 5.00. The normalized spacial score (nSPS) is 20.1. The van der Waals surface area contributed by atoms with Crippen molar-refractivity contribution in [1.82, 2.24) is 4.31 Å². The first-order chi connectivity index (χ1) is 9.29. The highest BCUT2D eigenvalue weighted by Crippen LogP contribution is 2.23. The number of halogens is 1. The number of hydrogen-bond donors (Lipinski definition) is 1. The average molecular weight is 300 g/mol. The Hall–Kier alpha value is -1.47. The van der Waals surface area contributed by atoms with Crippen molar-refractivity contribution >= 4 is 21.6 Å². The van der Waals surface area contributed by atoms with Gasteiger partial charge in [-0.2, -0.15) is 4.31 Å². The van der Waals surface area contributed by atoms with Crippen LogP contribution in [0.2, 0.25) is 0 Å². The average Bonchev–Trinajstić information content (AvgIpc) is 2.82. The number of rotatable bonds is 3. The van der Waals surface area contributed by atoms with Gasteiger partial charge in [-0.3, -0.25) is 4.79 Å². The topological polar surface area (TPSA) is 66.5 Å². The van der Waals surface area contributed by atoms with Crippen LogP contribution in [0.1, 0.15) is 18.4 Å². The highest BCUT2D eigenvalue weighted by Gasteiger charge is 2.36. The molecule has 0 spiro atoms. The Morgan fingerprint density at radius 3 is 2.80 bits per heavy atom. The monoisotopic (exact) mass is 300 g/mol. The third-order valence-electron chi connectivity index (χ3n) is 3.31. The summed E-state index contributed by atoms with van der Waals surface area (Å²) < 4.78 is 38.0. The zero-order valence-electron chi connectivity index (χ0n) is 11.4. The van der Waals surface area contributed by atoms with Gasteiger partial charge in [0.2, 0.25) is 15.9 Å². The smallest absolute Gasteiger partial charge is 0.242 e. The molecule has 1 aliphatic heterocycles. The molecule has 7 heteroatoms. The molecule has 0 saturated carbocycles. The maximum Gasteiger partial charge on any atom is 0.242 e. The standard InChI is InChI=1S/C13H17FN2O3S/c1-9-5-6-10(14)11(8-9)15-13(17)12-4-3-7-16(12)20(2,18)19/h5-6,8,12H,3-4,7H2,1-2H3,(H,15,17). The van der Waals surface area contributed by atoms with Crippen LogP contribution in [0.15, 0.2) is 18.2 Å². The summed E-state index contributed by atoms with van der Waals surface area (Å²) in [7, 11) is -3.43. The molecule has 0 aliphatic carbocycles. The number of aryl methyl sites for hydroxylation is 1. The van der Waals surface area contributed by atoms with Crippen LogP contribution < -0.4 is 5.32 Å². The SMILES string of the molecule is Cc1ccc(F)c(NC(=O)C2CCCN2S(C)(=O)=O)c1. The van der Waals surface area contributed by atoms with Gasteiger partial charge in [0.15, 0.2) is 0 Å². The van der Waals surface area contributed by atoms with E-state index in [1.165, 1.54) is 12.1 Å². The quantitative estimate of drug-likeness (QED) is 0.920. The van der Waals surface area contributed by atoms with E-state index in [1.807, 2.05) is 0 Å². The van der Waals surface area contributed by atoms with E-state index in [0.717, 1.165) is 16.1 Å².